The molecule has 3 atom stereocenters. The minimum absolute atomic E-state index is 0.0320. The Morgan fingerprint density at radius 2 is 1.94 bits per heavy atom. The first kappa shape index (κ1) is 20.8. The molecule has 2 amide bonds. The number of aromatic nitrogens is 3. The topological polar surface area (TPSA) is 123 Å². The normalized spacial score (nSPS) is 20.7. The molecule has 31 heavy (non-hydrogen) atoms. The van der Waals surface area contributed by atoms with Gasteiger partial charge in [0.15, 0.2) is 6.39 Å². The van der Waals surface area contributed by atoms with E-state index in [1.807, 2.05) is 44.2 Å². The molecule has 2 heterocycles. The number of hydrogen-bond donors (Lipinski definition) is 2. The van der Waals surface area contributed by atoms with Crippen LogP contribution in [-0.2, 0) is 4.79 Å². The molecule has 9 heteroatoms. The number of aryl methyl sites for hydroxylation is 1. The molecular weight excluding hydrogens is 398 g/mol. The lowest BCUT2D eigenvalue weighted by atomic mass is 10.0. The van der Waals surface area contributed by atoms with E-state index in [4.69, 9.17) is 8.94 Å². The fraction of sp³-hybridized carbons (Fsp3) is 0.409. The van der Waals surface area contributed by atoms with Crippen LogP contribution in [-0.4, -0.2) is 39.0 Å². The second-order valence-electron chi connectivity index (χ2n) is 8.11. The number of carbonyl (C=O) groups is 2. The zero-order valence-electron chi connectivity index (χ0n) is 17.7. The summed E-state index contributed by atoms with van der Waals surface area (Å²) in [5.41, 5.74) is 1.34. The summed E-state index contributed by atoms with van der Waals surface area (Å²) in [5, 5.41) is 10.0. The fourth-order valence-corrected chi connectivity index (χ4v) is 3.93. The molecule has 1 aliphatic rings. The average molecular weight is 423 g/mol. The SMILES string of the molecule is Cc1ncoc1C(=O)N[C@H]1C[C@H](C(=O)NC(C)C)C[C@H]1c1nc(-c2ccccc2)no1. The van der Waals surface area contributed by atoms with Gasteiger partial charge in [0.2, 0.25) is 23.4 Å². The van der Waals surface area contributed by atoms with Crippen molar-refractivity contribution >= 4 is 11.8 Å². The van der Waals surface area contributed by atoms with Gasteiger partial charge in [0.25, 0.3) is 5.91 Å². The highest BCUT2D eigenvalue weighted by Crippen LogP contribution is 2.39. The molecule has 3 aromatic rings. The van der Waals surface area contributed by atoms with Gasteiger partial charge in [-0.25, -0.2) is 4.98 Å². The van der Waals surface area contributed by atoms with Gasteiger partial charge in [0.05, 0.1) is 11.6 Å². The van der Waals surface area contributed by atoms with Crippen LogP contribution in [0.25, 0.3) is 11.4 Å². The summed E-state index contributed by atoms with van der Waals surface area (Å²) in [4.78, 5) is 33.9. The maximum atomic E-state index is 12.7. The highest BCUT2D eigenvalue weighted by atomic mass is 16.5. The Balaban J connectivity index is 1.58. The Bertz CT molecular complexity index is 1060. The second kappa shape index (κ2) is 8.71. The lowest BCUT2D eigenvalue weighted by molar-refractivity contribution is -0.125. The number of amides is 2. The summed E-state index contributed by atoms with van der Waals surface area (Å²) in [7, 11) is 0. The molecule has 2 N–H and O–H groups in total. The van der Waals surface area contributed by atoms with Gasteiger partial charge in [-0.1, -0.05) is 35.5 Å². The van der Waals surface area contributed by atoms with E-state index >= 15 is 0 Å². The van der Waals surface area contributed by atoms with E-state index in [0.29, 0.717) is 30.3 Å². The Kier molecular flexibility index (Phi) is 5.83. The summed E-state index contributed by atoms with van der Waals surface area (Å²) >= 11 is 0. The molecular formula is C22H25N5O4. The Morgan fingerprint density at radius 1 is 1.16 bits per heavy atom. The van der Waals surface area contributed by atoms with Crippen molar-refractivity contribution < 1.29 is 18.5 Å². The highest BCUT2D eigenvalue weighted by Gasteiger charge is 2.43. The van der Waals surface area contributed by atoms with Gasteiger partial charge in [-0.05, 0) is 33.6 Å². The quantitative estimate of drug-likeness (QED) is 0.625. The van der Waals surface area contributed by atoms with E-state index in [2.05, 4.69) is 25.8 Å². The van der Waals surface area contributed by atoms with Crippen LogP contribution in [0.5, 0.6) is 0 Å². The van der Waals surface area contributed by atoms with Crippen molar-refractivity contribution in [3.8, 4) is 11.4 Å². The van der Waals surface area contributed by atoms with E-state index in [0.717, 1.165) is 5.56 Å². The molecule has 0 aliphatic heterocycles. The zero-order valence-corrected chi connectivity index (χ0v) is 17.7. The van der Waals surface area contributed by atoms with E-state index in [9.17, 15) is 9.59 Å². The first-order valence-corrected chi connectivity index (χ1v) is 10.3. The summed E-state index contributed by atoms with van der Waals surface area (Å²) in [6.45, 7) is 5.54. The van der Waals surface area contributed by atoms with Crippen LogP contribution >= 0.6 is 0 Å². The number of nitrogens with zero attached hydrogens (tertiary/aromatic N) is 3. The van der Waals surface area contributed by atoms with Crippen LogP contribution in [0.1, 0.15) is 54.7 Å². The van der Waals surface area contributed by atoms with Crippen molar-refractivity contribution in [1.29, 1.82) is 0 Å². The van der Waals surface area contributed by atoms with Crippen molar-refractivity contribution in [3.63, 3.8) is 0 Å². The van der Waals surface area contributed by atoms with E-state index in [1.165, 1.54) is 6.39 Å². The Morgan fingerprint density at radius 3 is 2.61 bits per heavy atom. The number of oxazole rings is 1. The van der Waals surface area contributed by atoms with Gasteiger partial charge in [0, 0.05) is 23.6 Å². The summed E-state index contributed by atoms with van der Waals surface area (Å²) in [6.07, 6.45) is 2.19. The van der Waals surface area contributed by atoms with E-state index < -0.39 is 0 Å². The van der Waals surface area contributed by atoms with Gasteiger partial charge in [-0.15, -0.1) is 0 Å². The standard InChI is InChI=1S/C22H25N5O4/c1-12(2)24-20(28)15-9-16(17(10-15)25-21(29)18-13(3)23-11-30-18)22-26-19(27-31-22)14-7-5-4-6-8-14/h4-8,11-12,15-17H,9-10H2,1-3H3,(H,24,28)(H,25,29)/t15-,16-,17+/m1/s1. The fourth-order valence-electron chi connectivity index (χ4n) is 3.93. The third kappa shape index (κ3) is 4.50. The molecule has 0 unspecified atom stereocenters. The molecule has 1 aromatic carbocycles. The third-order valence-electron chi connectivity index (χ3n) is 5.42. The number of rotatable bonds is 6. The molecule has 2 aromatic heterocycles. The number of carbonyl (C=O) groups excluding carboxylic acids is 2. The summed E-state index contributed by atoms with van der Waals surface area (Å²) in [6, 6.07) is 9.18. The molecule has 1 fully saturated rings. The number of hydrogen-bond acceptors (Lipinski definition) is 7. The van der Waals surface area contributed by atoms with Gasteiger partial charge in [-0.2, -0.15) is 4.98 Å². The Labute approximate surface area is 179 Å². The summed E-state index contributed by atoms with van der Waals surface area (Å²) < 4.78 is 10.8. The van der Waals surface area contributed by atoms with Crippen molar-refractivity contribution in [2.75, 3.05) is 0 Å². The van der Waals surface area contributed by atoms with E-state index in [1.54, 1.807) is 6.92 Å². The highest BCUT2D eigenvalue weighted by molar-refractivity contribution is 5.92. The lowest BCUT2D eigenvalue weighted by Crippen LogP contribution is -2.38. The minimum Gasteiger partial charge on any atom is -0.438 e. The largest absolute Gasteiger partial charge is 0.438 e. The molecule has 1 saturated carbocycles. The van der Waals surface area contributed by atoms with E-state index in [-0.39, 0.29) is 41.5 Å². The lowest BCUT2D eigenvalue weighted by Gasteiger charge is -2.17. The monoisotopic (exact) mass is 423 g/mol. The van der Waals surface area contributed by atoms with Crippen molar-refractivity contribution in [1.82, 2.24) is 25.8 Å². The maximum absolute atomic E-state index is 12.7. The van der Waals surface area contributed by atoms with Crippen molar-refractivity contribution in [2.45, 2.75) is 51.6 Å². The van der Waals surface area contributed by atoms with Gasteiger partial charge in [-0.3, -0.25) is 9.59 Å². The molecule has 162 valence electrons. The number of benzene rings is 1. The van der Waals surface area contributed by atoms with Gasteiger partial charge >= 0.3 is 0 Å². The van der Waals surface area contributed by atoms with Crippen molar-refractivity contribution in [2.24, 2.45) is 5.92 Å². The van der Waals surface area contributed by atoms with Crippen LogP contribution in [0.3, 0.4) is 0 Å². The first-order valence-electron chi connectivity index (χ1n) is 10.3. The molecule has 1 aliphatic carbocycles. The Hall–Kier alpha value is -3.49. The van der Waals surface area contributed by atoms with Crippen molar-refractivity contribution in [3.05, 3.63) is 54.1 Å². The molecule has 0 saturated heterocycles. The summed E-state index contributed by atoms with van der Waals surface area (Å²) in [5.74, 6) is 0.0400. The molecule has 4 rings (SSSR count). The molecule has 0 spiro atoms. The second-order valence-corrected chi connectivity index (χ2v) is 8.11. The van der Waals surface area contributed by atoms with Crippen LogP contribution in [0.4, 0.5) is 0 Å². The maximum Gasteiger partial charge on any atom is 0.289 e. The van der Waals surface area contributed by atoms with Crippen LogP contribution in [0, 0.1) is 12.8 Å². The molecule has 0 radical (unpaired) electrons. The van der Waals surface area contributed by atoms with Gasteiger partial charge < -0.3 is 19.6 Å². The average Bonchev–Trinajstić information content (AvgIpc) is 3.47. The van der Waals surface area contributed by atoms with Gasteiger partial charge in [0.1, 0.15) is 0 Å². The predicted octanol–water partition coefficient (Wildman–Crippen LogP) is 2.85. The smallest absolute Gasteiger partial charge is 0.289 e. The molecule has 0 bridgehead atoms. The molecule has 9 nitrogen and oxygen atoms in total. The van der Waals surface area contributed by atoms with Crippen LogP contribution in [0.2, 0.25) is 0 Å². The number of nitrogens with one attached hydrogen (secondary N) is 2. The van der Waals surface area contributed by atoms with Crippen LogP contribution < -0.4 is 10.6 Å². The first-order chi connectivity index (χ1) is 14.9. The minimum atomic E-state index is -0.377. The zero-order chi connectivity index (χ0) is 22.0. The third-order valence-corrected chi connectivity index (χ3v) is 5.42. The van der Waals surface area contributed by atoms with Crippen LogP contribution in [0.15, 0.2) is 45.7 Å². The predicted molar refractivity (Wildman–Crippen MR) is 111 cm³/mol.